The molecule has 2 aromatic heterocycles. The number of nitrogens with one attached hydrogen (secondary N) is 2. The summed E-state index contributed by atoms with van der Waals surface area (Å²) in [6.07, 6.45) is -0.363. The zero-order chi connectivity index (χ0) is 13.1. The van der Waals surface area contributed by atoms with Gasteiger partial charge in [0.15, 0.2) is 11.9 Å². The number of ether oxygens (including phenoxy) is 2. The summed E-state index contributed by atoms with van der Waals surface area (Å²) in [7, 11) is 3.14. The third-order valence-electron chi connectivity index (χ3n) is 2.30. The topological polar surface area (TPSA) is 85.0 Å². The van der Waals surface area contributed by atoms with E-state index in [1.165, 1.54) is 0 Å². The molecule has 2 N–H and O–H groups in total. The number of methoxy groups -OCH3 is 2. The molecule has 0 aromatic carbocycles. The van der Waals surface area contributed by atoms with Crippen LogP contribution in [-0.2, 0) is 9.47 Å². The highest BCUT2D eigenvalue weighted by Crippen LogP contribution is 2.24. The van der Waals surface area contributed by atoms with Crippen molar-refractivity contribution in [2.24, 2.45) is 0 Å². The third kappa shape index (κ3) is 2.82. The van der Waals surface area contributed by atoms with Gasteiger partial charge in [0, 0.05) is 14.2 Å². The minimum absolute atomic E-state index is 0.138. The number of hydrogen-bond donors (Lipinski definition) is 2. The fraction of sp³-hybridized carbons (Fsp3) is 0.444. The fourth-order valence-corrected chi connectivity index (χ4v) is 2.22. The van der Waals surface area contributed by atoms with Crippen molar-refractivity contribution in [3.63, 3.8) is 0 Å². The number of nitrogens with zero attached hydrogens (tertiary/aromatic N) is 3. The summed E-state index contributed by atoms with van der Waals surface area (Å²) in [6, 6.07) is 0. The highest BCUT2D eigenvalue weighted by Gasteiger charge is 2.14. The molecule has 7 nitrogen and oxygen atoms in total. The Morgan fingerprint density at radius 3 is 2.78 bits per heavy atom. The number of hydrogen-bond acceptors (Lipinski definition) is 6. The van der Waals surface area contributed by atoms with Crippen LogP contribution in [0.1, 0.15) is 0 Å². The van der Waals surface area contributed by atoms with E-state index >= 15 is 0 Å². The monoisotopic (exact) mass is 383 g/mol. The van der Waals surface area contributed by atoms with Crippen molar-refractivity contribution in [3.8, 4) is 0 Å². The lowest BCUT2D eigenvalue weighted by molar-refractivity contribution is -0.0914. The minimum Gasteiger partial charge on any atom is -0.364 e. The summed E-state index contributed by atoms with van der Waals surface area (Å²) in [5.41, 5.74) is 0.522. The van der Waals surface area contributed by atoms with Gasteiger partial charge in [-0.3, -0.25) is 5.10 Å². The molecule has 0 aliphatic rings. The summed E-state index contributed by atoms with van der Waals surface area (Å²) in [6.45, 7) is 0.441. The Bertz CT molecular complexity index is 545. The van der Waals surface area contributed by atoms with Crippen molar-refractivity contribution in [2.75, 3.05) is 26.1 Å². The molecule has 0 atom stereocenters. The van der Waals surface area contributed by atoms with Crippen LogP contribution >= 0.6 is 34.2 Å². The van der Waals surface area contributed by atoms with Gasteiger partial charge in [0.25, 0.3) is 0 Å². The molecular formula is C9H11ClIN5O2. The molecule has 0 saturated heterocycles. The number of halogens is 2. The zero-order valence-electron chi connectivity index (χ0n) is 9.70. The van der Waals surface area contributed by atoms with E-state index in [9.17, 15) is 0 Å². The van der Waals surface area contributed by atoms with Crippen LogP contribution in [0.5, 0.6) is 0 Å². The summed E-state index contributed by atoms with van der Waals surface area (Å²) in [5.74, 6) is 0.599. The van der Waals surface area contributed by atoms with Crippen molar-refractivity contribution in [1.29, 1.82) is 0 Å². The van der Waals surface area contributed by atoms with Gasteiger partial charge in [0.05, 0.1) is 11.9 Å². The first-order chi connectivity index (χ1) is 8.65. The molecule has 0 aliphatic carbocycles. The molecule has 98 valence electrons. The Kier molecular flexibility index (Phi) is 4.54. The summed E-state index contributed by atoms with van der Waals surface area (Å²) in [4.78, 5) is 8.17. The van der Waals surface area contributed by atoms with E-state index in [1.54, 1.807) is 14.2 Å². The van der Waals surface area contributed by atoms with Crippen LogP contribution in [0.25, 0.3) is 11.0 Å². The standard InChI is InChI=1S/C9H11ClIN5O2/c1-17-4(18-2)3-12-7-5-6(11)15-16-8(5)14-9(10)13-7/h4H,3H2,1-2H3,(H2,12,13,14,15,16). The average Bonchev–Trinajstić information content (AvgIpc) is 2.72. The predicted octanol–water partition coefficient (Wildman–Crippen LogP) is 1.64. The minimum atomic E-state index is -0.363. The van der Waals surface area contributed by atoms with Gasteiger partial charge in [0.2, 0.25) is 5.28 Å². The van der Waals surface area contributed by atoms with Crippen molar-refractivity contribution in [2.45, 2.75) is 6.29 Å². The smallest absolute Gasteiger partial charge is 0.226 e. The van der Waals surface area contributed by atoms with Crippen LogP contribution in [-0.4, -0.2) is 47.2 Å². The van der Waals surface area contributed by atoms with Gasteiger partial charge in [-0.1, -0.05) is 0 Å². The van der Waals surface area contributed by atoms with Gasteiger partial charge < -0.3 is 14.8 Å². The second-order valence-electron chi connectivity index (χ2n) is 3.36. The molecule has 0 spiro atoms. The van der Waals surface area contributed by atoms with Gasteiger partial charge in [-0.05, 0) is 34.2 Å². The van der Waals surface area contributed by atoms with Crippen molar-refractivity contribution in [3.05, 3.63) is 8.98 Å². The maximum absolute atomic E-state index is 5.84. The number of aromatic nitrogens is 4. The lowest BCUT2D eigenvalue weighted by Gasteiger charge is -2.14. The summed E-state index contributed by atoms with van der Waals surface area (Å²) >= 11 is 7.96. The second kappa shape index (κ2) is 5.95. The summed E-state index contributed by atoms with van der Waals surface area (Å²) in [5, 5.41) is 10.9. The molecule has 9 heteroatoms. The Morgan fingerprint density at radius 1 is 1.39 bits per heavy atom. The molecule has 0 unspecified atom stereocenters. The zero-order valence-corrected chi connectivity index (χ0v) is 12.6. The average molecular weight is 384 g/mol. The third-order valence-corrected chi connectivity index (χ3v) is 3.25. The maximum Gasteiger partial charge on any atom is 0.226 e. The Labute approximate surface area is 122 Å². The first kappa shape index (κ1) is 13.7. The van der Waals surface area contributed by atoms with Gasteiger partial charge in [-0.2, -0.15) is 15.1 Å². The quantitative estimate of drug-likeness (QED) is 0.464. The number of aromatic amines is 1. The maximum atomic E-state index is 5.84. The van der Waals surface area contributed by atoms with E-state index in [2.05, 4.69) is 48.1 Å². The number of anilines is 1. The predicted molar refractivity (Wildman–Crippen MR) is 75.7 cm³/mol. The lowest BCUT2D eigenvalue weighted by atomic mass is 10.4. The lowest BCUT2D eigenvalue weighted by Crippen LogP contribution is -2.24. The number of fused-ring (bicyclic) bond motifs is 1. The molecule has 0 fully saturated rings. The van der Waals surface area contributed by atoms with Gasteiger partial charge >= 0.3 is 0 Å². The molecular weight excluding hydrogens is 372 g/mol. The van der Waals surface area contributed by atoms with Crippen molar-refractivity contribution >= 4 is 51.0 Å². The molecule has 2 aromatic rings. The van der Waals surface area contributed by atoms with E-state index in [4.69, 9.17) is 21.1 Å². The molecule has 0 aliphatic heterocycles. The highest BCUT2D eigenvalue weighted by atomic mass is 127. The van der Waals surface area contributed by atoms with Crippen LogP contribution in [0.15, 0.2) is 0 Å². The molecule has 0 bridgehead atoms. The first-order valence-electron chi connectivity index (χ1n) is 5.02. The number of rotatable bonds is 5. The van der Waals surface area contributed by atoms with Crippen LogP contribution in [0.4, 0.5) is 5.82 Å². The first-order valence-corrected chi connectivity index (χ1v) is 6.48. The van der Waals surface area contributed by atoms with Crippen LogP contribution in [0.2, 0.25) is 5.28 Å². The Balaban J connectivity index is 2.29. The van der Waals surface area contributed by atoms with Crippen LogP contribution in [0, 0.1) is 3.70 Å². The Hall–Kier alpha value is -0.710. The summed E-state index contributed by atoms with van der Waals surface area (Å²) < 4.78 is 11.0. The number of H-pyrrole nitrogens is 1. The van der Waals surface area contributed by atoms with E-state index in [0.29, 0.717) is 18.0 Å². The molecule has 0 amide bonds. The normalized spacial score (nSPS) is 11.4. The van der Waals surface area contributed by atoms with Crippen LogP contribution < -0.4 is 5.32 Å². The SMILES string of the molecule is COC(CNc1nc(Cl)nc2n[nH]c(I)c12)OC. The fourth-order valence-electron chi connectivity index (χ4n) is 1.43. The highest BCUT2D eigenvalue weighted by molar-refractivity contribution is 14.1. The van der Waals surface area contributed by atoms with Crippen molar-refractivity contribution in [1.82, 2.24) is 20.2 Å². The second-order valence-corrected chi connectivity index (χ2v) is 4.78. The van der Waals surface area contributed by atoms with Crippen LogP contribution in [0.3, 0.4) is 0 Å². The van der Waals surface area contributed by atoms with E-state index in [-0.39, 0.29) is 11.6 Å². The molecule has 0 radical (unpaired) electrons. The Morgan fingerprint density at radius 2 is 2.11 bits per heavy atom. The largest absolute Gasteiger partial charge is 0.364 e. The molecule has 2 rings (SSSR count). The molecule has 18 heavy (non-hydrogen) atoms. The van der Waals surface area contributed by atoms with Gasteiger partial charge in [-0.25, -0.2) is 0 Å². The van der Waals surface area contributed by atoms with Gasteiger partial charge in [-0.15, -0.1) is 0 Å². The molecule has 0 saturated carbocycles. The van der Waals surface area contributed by atoms with E-state index in [1.807, 2.05) is 0 Å². The van der Waals surface area contributed by atoms with Crippen molar-refractivity contribution < 1.29 is 9.47 Å². The van der Waals surface area contributed by atoms with E-state index in [0.717, 1.165) is 9.09 Å². The molecule has 2 heterocycles. The van der Waals surface area contributed by atoms with Gasteiger partial charge in [0.1, 0.15) is 9.52 Å². The van der Waals surface area contributed by atoms with E-state index < -0.39 is 0 Å².